The Morgan fingerprint density at radius 1 is 1.36 bits per heavy atom. The Hall–Kier alpha value is -2.07. The molecule has 1 atom stereocenters. The lowest BCUT2D eigenvalue weighted by atomic mass is 9.94. The molecule has 0 fully saturated rings. The van der Waals surface area contributed by atoms with Crippen molar-refractivity contribution >= 4 is 5.91 Å². The molecule has 22 heavy (non-hydrogen) atoms. The zero-order valence-electron chi connectivity index (χ0n) is 13.5. The first-order valence-electron chi connectivity index (χ1n) is 7.72. The maximum atomic E-state index is 12.5. The number of hydrogen-bond donors (Lipinski definition) is 1. The number of carbonyl (C=O) groups is 1. The molecule has 0 bridgehead atoms. The van der Waals surface area contributed by atoms with Crippen molar-refractivity contribution in [1.29, 1.82) is 0 Å². The molecule has 1 N–H and O–H groups in total. The number of benzene rings is 1. The molecule has 1 aromatic carbocycles. The molecule has 2 heterocycles. The van der Waals surface area contributed by atoms with Gasteiger partial charge in [-0.1, -0.05) is 24.3 Å². The number of rotatable bonds is 3. The number of fused-ring (bicyclic) bond motifs is 1. The van der Waals surface area contributed by atoms with Crippen molar-refractivity contribution in [2.75, 3.05) is 20.6 Å². The van der Waals surface area contributed by atoms with Crippen LogP contribution in [0.3, 0.4) is 0 Å². The molecule has 0 spiro atoms. The molecule has 1 aliphatic rings. The van der Waals surface area contributed by atoms with Gasteiger partial charge in [0.05, 0.1) is 0 Å². The predicted molar refractivity (Wildman–Crippen MR) is 87.9 cm³/mol. The van der Waals surface area contributed by atoms with Gasteiger partial charge >= 0.3 is 0 Å². The minimum Gasteiger partial charge on any atom is -0.357 e. The SMILES string of the molecule is Cc1c[nH]c(C(=O)N(C)C[C@@H]2Cc3ccccc3CN2C)c1. The summed E-state index contributed by atoms with van der Waals surface area (Å²) < 4.78 is 0. The van der Waals surface area contributed by atoms with Crippen LogP contribution in [-0.4, -0.2) is 47.4 Å². The fourth-order valence-corrected chi connectivity index (χ4v) is 3.15. The van der Waals surface area contributed by atoms with E-state index in [0.29, 0.717) is 11.7 Å². The van der Waals surface area contributed by atoms with Crippen molar-refractivity contribution in [3.63, 3.8) is 0 Å². The van der Waals surface area contributed by atoms with E-state index < -0.39 is 0 Å². The Morgan fingerprint density at radius 3 is 2.77 bits per heavy atom. The van der Waals surface area contributed by atoms with Crippen LogP contribution in [0.1, 0.15) is 27.2 Å². The summed E-state index contributed by atoms with van der Waals surface area (Å²) in [6.07, 6.45) is 2.86. The molecule has 2 aromatic rings. The standard InChI is InChI=1S/C18H23N3O/c1-13-8-17(19-10-13)18(22)21(3)12-16-9-14-6-4-5-7-15(14)11-20(16)2/h4-8,10,16,19H,9,11-12H2,1-3H3/t16-/m0/s1. The molecule has 0 saturated heterocycles. The predicted octanol–water partition coefficient (Wildman–Crippen LogP) is 2.45. The summed E-state index contributed by atoms with van der Waals surface area (Å²) in [4.78, 5) is 19.7. The third-order valence-corrected chi connectivity index (χ3v) is 4.51. The van der Waals surface area contributed by atoms with Gasteiger partial charge in [-0.15, -0.1) is 0 Å². The molecule has 4 heteroatoms. The fraction of sp³-hybridized carbons (Fsp3) is 0.389. The molecular formula is C18H23N3O. The zero-order valence-corrected chi connectivity index (χ0v) is 13.5. The Morgan fingerprint density at radius 2 is 2.09 bits per heavy atom. The number of nitrogens with one attached hydrogen (secondary N) is 1. The highest BCUT2D eigenvalue weighted by atomic mass is 16.2. The molecule has 1 aromatic heterocycles. The van der Waals surface area contributed by atoms with E-state index in [1.807, 2.05) is 31.1 Å². The molecule has 0 aliphatic carbocycles. The Labute approximate surface area is 131 Å². The number of likely N-dealkylation sites (N-methyl/N-ethyl adjacent to an activating group) is 2. The number of H-pyrrole nitrogens is 1. The van der Waals surface area contributed by atoms with Gasteiger partial charge in [0.1, 0.15) is 5.69 Å². The van der Waals surface area contributed by atoms with Gasteiger partial charge in [0, 0.05) is 32.4 Å². The van der Waals surface area contributed by atoms with Gasteiger partial charge in [0.15, 0.2) is 0 Å². The van der Waals surface area contributed by atoms with E-state index in [1.165, 1.54) is 11.1 Å². The van der Waals surface area contributed by atoms with Crippen molar-refractivity contribution in [1.82, 2.24) is 14.8 Å². The van der Waals surface area contributed by atoms with E-state index in [1.54, 1.807) is 0 Å². The lowest BCUT2D eigenvalue weighted by Gasteiger charge is -2.36. The largest absolute Gasteiger partial charge is 0.357 e. The maximum absolute atomic E-state index is 12.5. The molecule has 1 amide bonds. The van der Waals surface area contributed by atoms with E-state index in [9.17, 15) is 4.79 Å². The molecular weight excluding hydrogens is 274 g/mol. The second-order valence-electron chi connectivity index (χ2n) is 6.32. The minimum absolute atomic E-state index is 0.0559. The van der Waals surface area contributed by atoms with Crippen LogP contribution in [0, 0.1) is 6.92 Å². The first-order valence-corrected chi connectivity index (χ1v) is 7.72. The summed E-state index contributed by atoms with van der Waals surface area (Å²) in [6, 6.07) is 10.8. The normalized spacial score (nSPS) is 18.0. The van der Waals surface area contributed by atoms with Crippen LogP contribution in [0.5, 0.6) is 0 Å². The molecule has 3 rings (SSSR count). The van der Waals surface area contributed by atoms with E-state index >= 15 is 0 Å². The average molecular weight is 297 g/mol. The summed E-state index contributed by atoms with van der Waals surface area (Å²) >= 11 is 0. The van der Waals surface area contributed by atoms with Gasteiger partial charge < -0.3 is 9.88 Å². The number of aromatic amines is 1. The van der Waals surface area contributed by atoms with Gasteiger partial charge in [-0.2, -0.15) is 0 Å². The summed E-state index contributed by atoms with van der Waals surface area (Å²) in [5, 5.41) is 0. The van der Waals surface area contributed by atoms with Crippen LogP contribution >= 0.6 is 0 Å². The highest BCUT2D eigenvalue weighted by Crippen LogP contribution is 2.22. The van der Waals surface area contributed by atoms with Crippen LogP contribution in [0.4, 0.5) is 0 Å². The quantitative estimate of drug-likeness (QED) is 0.945. The lowest BCUT2D eigenvalue weighted by Crippen LogP contribution is -2.46. The second-order valence-corrected chi connectivity index (χ2v) is 6.32. The number of aryl methyl sites for hydroxylation is 1. The summed E-state index contributed by atoms with van der Waals surface area (Å²) in [6.45, 7) is 3.67. The van der Waals surface area contributed by atoms with Crippen molar-refractivity contribution in [2.45, 2.75) is 25.9 Å². The van der Waals surface area contributed by atoms with Gasteiger partial charge in [-0.3, -0.25) is 9.69 Å². The third kappa shape index (κ3) is 2.92. The van der Waals surface area contributed by atoms with Crippen molar-refractivity contribution in [3.05, 3.63) is 58.9 Å². The number of carbonyl (C=O) groups excluding carboxylic acids is 1. The second kappa shape index (κ2) is 5.97. The lowest BCUT2D eigenvalue weighted by molar-refractivity contribution is 0.0728. The highest BCUT2D eigenvalue weighted by molar-refractivity contribution is 5.92. The zero-order chi connectivity index (χ0) is 15.7. The van der Waals surface area contributed by atoms with Crippen LogP contribution in [0.15, 0.2) is 36.5 Å². The Balaban J connectivity index is 1.69. The van der Waals surface area contributed by atoms with Crippen molar-refractivity contribution in [2.24, 2.45) is 0 Å². The van der Waals surface area contributed by atoms with E-state index in [2.05, 4.69) is 41.2 Å². The molecule has 0 radical (unpaired) electrons. The fourth-order valence-electron chi connectivity index (χ4n) is 3.15. The summed E-state index contributed by atoms with van der Waals surface area (Å²) in [7, 11) is 4.02. The van der Waals surface area contributed by atoms with Gasteiger partial charge in [-0.25, -0.2) is 0 Å². The van der Waals surface area contributed by atoms with Crippen LogP contribution in [-0.2, 0) is 13.0 Å². The van der Waals surface area contributed by atoms with Crippen molar-refractivity contribution in [3.8, 4) is 0 Å². The third-order valence-electron chi connectivity index (χ3n) is 4.51. The first-order chi connectivity index (χ1) is 10.5. The molecule has 0 unspecified atom stereocenters. The Kier molecular flexibility index (Phi) is 4.03. The van der Waals surface area contributed by atoms with Gasteiger partial charge in [0.2, 0.25) is 0 Å². The van der Waals surface area contributed by atoms with Crippen LogP contribution in [0.25, 0.3) is 0 Å². The minimum atomic E-state index is 0.0559. The number of aromatic nitrogens is 1. The maximum Gasteiger partial charge on any atom is 0.270 e. The Bertz CT molecular complexity index is 676. The number of nitrogens with zero attached hydrogens (tertiary/aromatic N) is 2. The summed E-state index contributed by atoms with van der Waals surface area (Å²) in [5.74, 6) is 0.0559. The average Bonchev–Trinajstić information content (AvgIpc) is 2.93. The van der Waals surface area contributed by atoms with E-state index in [4.69, 9.17) is 0 Å². The van der Waals surface area contributed by atoms with Gasteiger partial charge in [0.25, 0.3) is 5.91 Å². The summed E-state index contributed by atoms with van der Waals surface area (Å²) in [5.41, 5.74) is 4.55. The molecule has 116 valence electrons. The molecule has 1 aliphatic heterocycles. The smallest absolute Gasteiger partial charge is 0.270 e. The van der Waals surface area contributed by atoms with Gasteiger partial charge in [-0.05, 0) is 43.1 Å². The first kappa shape index (κ1) is 14.9. The highest BCUT2D eigenvalue weighted by Gasteiger charge is 2.26. The number of amides is 1. The topological polar surface area (TPSA) is 39.3 Å². The van der Waals surface area contributed by atoms with E-state index in [-0.39, 0.29) is 5.91 Å². The molecule has 0 saturated carbocycles. The van der Waals surface area contributed by atoms with Crippen molar-refractivity contribution < 1.29 is 4.79 Å². The van der Waals surface area contributed by atoms with E-state index in [0.717, 1.165) is 25.1 Å². The number of hydrogen-bond acceptors (Lipinski definition) is 2. The molecule has 4 nitrogen and oxygen atoms in total. The monoisotopic (exact) mass is 297 g/mol. The van der Waals surface area contributed by atoms with Crippen LogP contribution < -0.4 is 0 Å². The van der Waals surface area contributed by atoms with Crippen LogP contribution in [0.2, 0.25) is 0 Å².